The Hall–Kier alpha value is -4.07. The minimum absolute atomic E-state index is 0.0479. The van der Waals surface area contributed by atoms with Gasteiger partial charge in [0.1, 0.15) is 0 Å². The van der Waals surface area contributed by atoms with Crippen LogP contribution < -0.4 is 15.2 Å². The van der Waals surface area contributed by atoms with Gasteiger partial charge in [-0.05, 0) is 66.6 Å². The maximum Gasteiger partial charge on any atom is 0.272 e. The molecule has 1 atom stereocenters. The van der Waals surface area contributed by atoms with Crippen LogP contribution in [0.5, 0.6) is 11.5 Å². The molecule has 0 bridgehead atoms. The first-order chi connectivity index (χ1) is 18.4. The molecule has 1 aliphatic heterocycles. The molecule has 2 N–H and O–H groups in total. The molecule has 8 nitrogen and oxygen atoms in total. The molecular weight excluding hydrogens is 482 g/mol. The third kappa shape index (κ3) is 5.59. The summed E-state index contributed by atoms with van der Waals surface area (Å²) in [7, 11) is 1.64. The predicted molar refractivity (Wildman–Crippen MR) is 145 cm³/mol. The van der Waals surface area contributed by atoms with Gasteiger partial charge in [0.05, 0.1) is 18.1 Å². The number of nitrogen functional groups attached to an aromatic ring is 1. The van der Waals surface area contributed by atoms with Crippen molar-refractivity contribution in [1.29, 1.82) is 0 Å². The highest BCUT2D eigenvalue weighted by molar-refractivity contribution is 5.80. The molecule has 1 unspecified atom stereocenters. The Kier molecular flexibility index (Phi) is 7.49. The van der Waals surface area contributed by atoms with E-state index in [9.17, 15) is 14.9 Å². The van der Waals surface area contributed by atoms with Crippen molar-refractivity contribution in [3.8, 4) is 11.5 Å². The number of nitro groups is 1. The summed E-state index contributed by atoms with van der Waals surface area (Å²) in [6.45, 7) is 1.01. The normalized spacial score (nSPS) is 17.7. The fourth-order valence-electron chi connectivity index (χ4n) is 5.59. The second-order valence-corrected chi connectivity index (χ2v) is 10.2. The second-order valence-electron chi connectivity index (χ2n) is 10.2. The molecule has 38 heavy (non-hydrogen) atoms. The van der Waals surface area contributed by atoms with E-state index in [2.05, 4.69) is 0 Å². The topological polar surface area (TPSA) is 108 Å². The number of rotatable bonds is 9. The monoisotopic (exact) mass is 515 g/mol. The van der Waals surface area contributed by atoms with Crippen molar-refractivity contribution >= 4 is 17.3 Å². The minimum Gasteiger partial charge on any atom is -0.493 e. The van der Waals surface area contributed by atoms with Crippen LogP contribution in [0.4, 0.5) is 11.4 Å². The molecule has 2 fully saturated rings. The first kappa shape index (κ1) is 25.6. The number of likely N-dealkylation sites (tertiary alicyclic amines) is 1. The number of nitro benzene ring substituents is 1. The summed E-state index contributed by atoms with van der Waals surface area (Å²) in [5.74, 6) is 1.58. The van der Waals surface area contributed by atoms with Gasteiger partial charge in [-0.25, -0.2) is 0 Å². The predicted octanol–water partition coefficient (Wildman–Crippen LogP) is 5.61. The van der Waals surface area contributed by atoms with Crippen LogP contribution in [-0.2, 0) is 17.8 Å². The van der Waals surface area contributed by atoms with Crippen LogP contribution in [0.3, 0.4) is 0 Å². The smallest absolute Gasteiger partial charge is 0.272 e. The van der Waals surface area contributed by atoms with Crippen LogP contribution in [0.2, 0.25) is 0 Å². The molecule has 0 spiro atoms. The Labute approximate surface area is 222 Å². The largest absolute Gasteiger partial charge is 0.493 e. The molecule has 0 radical (unpaired) electrons. The lowest BCUT2D eigenvalue weighted by Crippen LogP contribution is -2.25. The second kappa shape index (κ2) is 11.1. The Morgan fingerprint density at radius 1 is 1.00 bits per heavy atom. The van der Waals surface area contributed by atoms with E-state index in [1.54, 1.807) is 25.3 Å². The summed E-state index contributed by atoms with van der Waals surface area (Å²) in [6.07, 6.45) is 5.48. The highest BCUT2D eigenvalue weighted by atomic mass is 16.6. The number of benzene rings is 3. The minimum atomic E-state index is -0.366. The fourth-order valence-corrected chi connectivity index (χ4v) is 5.59. The number of nitrogens with zero attached hydrogens (tertiary/aromatic N) is 2. The van der Waals surface area contributed by atoms with Crippen LogP contribution in [0.1, 0.15) is 60.3 Å². The standard InChI is InChI=1S/C30H33N3O5/c1-37-28-13-11-20(16-29(28)38-26-7-3-4-8-26)24-17-30(34)32(19-24)18-22-10-12-25(31)15-23(22)14-21-6-2-5-9-27(21)33(35)36/h2,5-6,9-13,15-16,24,26H,3-4,7-8,14,17-19,31H2,1H3. The summed E-state index contributed by atoms with van der Waals surface area (Å²) in [6, 6.07) is 18.3. The lowest BCUT2D eigenvalue weighted by atomic mass is 9.97. The van der Waals surface area contributed by atoms with Gasteiger partial charge in [-0.2, -0.15) is 0 Å². The van der Waals surface area contributed by atoms with E-state index in [1.165, 1.54) is 18.9 Å². The molecule has 2 aliphatic rings. The van der Waals surface area contributed by atoms with Gasteiger partial charge < -0.3 is 20.1 Å². The van der Waals surface area contributed by atoms with Gasteiger partial charge in [0.15, 0.2) is 11.5 Å². The number of methoxy groups -OCH3 is 1. The van der Waals surface area contributed by atoms with Gasteiger partial charge in [-0.1, -0.05) is 30.3 Å². The number of amides is 1. The zero-order chi connectivity index (χ0) is 26.6. The third-order valence-corrected chi connectivity index (χ3v) is 7.63. The van der Waals surface area contributed by atoms with Crippen molar-refractivity contribution in [3.63, 3.8) is 0 Å². The van der Waals surface area contributed by atoms with Crippen molar-refractivity contribution in [2.75, 3.05) is 19.4 Å². The average Bonchev–Trinajstić information content (AvgIpc) is 3.55. The van der Waals surface area contributed by atoms with E-state index in [1.807, 2.05) is 41.3 Å². The molecule has 1 amide bonds. The van der Waals surface area contributed by atoms with Crippen LogP contribution >= 0.6 is 0 Å². The van der Waals surface area contributed by atoms with Gasteiger partial charge in [-0.3, -0.25) is 14.9 Å². The number of ether oxygens (including phenoxy) is 2. The SMILES string of the molecule is COc1ccc(C2CC(=O)N(Cc3ccc(N)cc3Cc3ccccc3[N+](=O)[O-])C2)cc1OC1CCCC1. The number of hydrogen-bond donors (Lipinski definition) is 1. The number of nitrogens with two attached hydrogens (primary N) is 1. The molecule has 198 valence electrons. The Morgan fingerprint density at radius 3 is 2.55 bits per heavy atom. The van der Waals surface area contributed by atoms with Crippen LogP contribution in [-0.4, -0.2) is 35.5 Å². The molecule has 3 aromatic rings. The third-order valence-electron chi connectivity index (χ3n) is 7.63. The van der Waals surface area contributed by atoms with E-state index < -0.39 is 0 Å². The highest BCUT2D eigenvalue weighted by Gasteiger charge is 2.32. The summed E-state index contributed by atoms with van der Waals surface area (Å²) in [5, 5.41) is 11.5. The van der Waals surface area contributed by atoms with Gasteiger partial charge in [-0.15, -0.1) is 0 Å². The zero-order valence-electron chi connectivity index (χ0n) is 21.6. The van der Waals surface area contributed by atoms with Crippen LogP contribution in [0.15, 0.2) is 60.7 Å². The van der Waals surface area contributed by atoms with E-state index in [0.29, 0.717) is 42.9 Å². The number of carbonyl (C=O) groups excluding carboxylic acids is 1. The van der Waals surface area contributed by atoms with Crippen molar-refractivity contribution in [1.82, 2.24) is 4.90 Å². The zero-order valence-corrected chi connectivity index (χ0v) is 21.6. The first-order valence-electron chi connectivity index (χ1n) is 13.1. The van der Waals surface area contributed by atoms with Gasteiger partial charge in [0.25, 0.3) is 5.69 Å². The number of para-hydroxylation sites is 1. The van der Waals surface area contributed by atoms with E-state index in [0.717, 1.165) is 35.3 Å². The molecule has 5 rings (SSSR count). The number of anilines is 1. The lowest BCUT2D eigenvalue weighted by Gasteiger charge is -2.21. The van der Waals surface area contributed by atoms with Crippen LogP contribution in [0.25, 0.3) is 0 Å². The molecule has 1 aliphatic carbocycles. The Morgan fingerprint density at radius 2 is 1.79 bits per heavy atom. The summed E-state index contributed by atoms with van der Waals surface area (Å²) < 4.78 is 11.8. The molecule has 1 saturated heterocycles. The molecule has 0 aromatic heterocycles. The van der Waals surface area contributed by atoms with Crippen molar-refractivity contribution in [3.05, 3.63) is 93.0 Å². The highest BCUT2D eigenvalue weighted by Crippen LogP contribution is 2.37. The van der Waals surface area contributed by atoms with E-state index in [-0.39, 0.29) is 28.5 Å². The van der Waals surface area contributed by atoms with Crippen molar-refractivity contribution in [2.24, 2.45) is 0 Å². The Bertz CT molecular complexity index is 1340. The number of hydrogen-bond acceptors (Lipinski definition) is 6. The van der Waals surface area contributed by atoms with Gasteiger partial charge >= 0.3 is 0 Å². The molecule has 1 heterocycles. The Balaban J connectivity index is 1.34. The maximum absolute atomic E-state index is 13.1. The summed E-state index contributed by atoms with van der Waals surface area (Å²) >= 11 is 0. The molecular formula is C30H33N3O5. The van der Waals surface area contributed by atoms with E-state index in [4.69, 9.17) is 15.2 Å². The van der Waals surface area contributed by atoms with Crippen molar-refractivity contribution < 1.29 is 19.2 Å². The molecule has 1 saturated carbocycles. The van der Waals surface area contributed by atoms with E-state index >= 15 is 0 Å². The number of carbonyl (C=O) groups is 1. The van der Waals surface area contributed by atoms with Crippen molar-refractivity contribution in [2.45, 2.75) is 57.1 Å². The summed E-state index contributed by atoms with van der Waals surface area (Å²) in [5.41, 5.74) is 10.2. The lowest BCUT2D eigenvalue weighted by molar-refractivity contribution is -0.385. The molecule has 3 aromatic carbocycles. The summed E-state index contributed by atoms with van der Waals surface area (Å²) in [4.78, 5) is 26.1. The molecule has 8 heteroatoms. The van der Waals surface area contributed by atoms with Crippen LogP contribution in [0, 0.1) is 10.1 Å². The fraction of sp³-hybridized carbons (Fsp3) is 0.367. The van der Waals surface area contributed by atoms with Gasteiger partial charge in [0.2, 0.25) is 5.91 Å². The quantitative estimate of drug-likeness (QED) is 0.225. The maximum atomic E-state index is 13.1. The average molecular weight is 516 g/mol. The van der Waals surface area contributed by atoms with Gasteiger partial charge in [0, 0.05) is 49.2 Å². The first-order valence-corrected chi connectivity index (χ1v) is 13.1.